The van der Waals surface area contributed by atoms with Crippen molar-refractivity contribution in [1.82, 2.24) is 9.78 Å². The third-order valence-electron chi connectivity index (χ3n) is 2.36. The van der Waals surface area contributed by atoms with Crippen LogP contribution < -0.4 is 0 Å². The van der Waals surface area contributed by atoms with Gasteiger partial charge in [0.25, 0.3) is 5.95 Å². The standard InChI is InChI=1S/C11H3Cl2F4N3/c12-7-1-6(11(15,16)17)2-8(13)9(7)20-4-5(3-18)10(14)19-20/h1-2,4H. The maximum atomic E-state index is 13.2. The number of benzene rings is 1. The highest BCUT2D eigenvalue weighted by Gasteiger charge is 2.32. The first kappa shape index (κ1) is 14.6. The molecule has 1 aromatic heterocycles. The molecule has 0 saturated carbocycles. The van der Waals surface area contributed by atoms with Gasteiger partial charge in [-0.2, -0.15) is 22.8 Å². The molecule has 0 unspecified atom stereocenters. The van der Waals surface area contributed by atoms with Crippen molar-refractivity contribution in [2.24, 2.45) is 0 Å². The van der Waals surface area contributed by atoms with Crippen LogP contribution in [-0.4, -0.2) is 9.78 Å². The van der Waals surface area contributed by atoms with E-state index < -0.39 is 17.7 Å². The zero-order chi connectivity index (χ0) is 15.1. The number of nitriles is 1. The lowest BCUT2D eigenvalue weighted by atomic mass is 10.2. The fourth-order valence-electron chi connectivity index (χ4n) is 1.49. The highest BCUT2D eigenvalue weighted by atomic mass is 35.5. The molecule has 0 radical (unpaired) electrons. The average molecular weight is 324 g/mol. The van der Waals surface area contributed by atoms with Crippen LogP contribution in [-0.2, 0) is 6.18 Å². The van der Waals surface area contributed by atoms with E-state index in [1.165, 1.54) is 6.07 Å². The third-order valence-corrected chi connectivity index (χ3v) is 2.94. The van der Waals surface area contributed by atoms with Gasteiger partial charge in [0.05, 0.1) is 21.8 Å². The van der Waals surface area contributed by atoms with Crippen LogP contribution in [0.2, 0.25) is 10.0 Å². The van der Waals surface area contributed by atoms with Crippen molar-refractivity contribution in [1.29, 1.82) is 5.26 Å². The maximum Gasteiger partial charge on any atom is 0.416 e. The topological polar surface area (TPSA) is 41.6 Å². The molecule has 0 atom stereocenters. The van der Waals surface area contributed by atoms with E-state index >= 15 is 0 Å². The predicted octanol–water partition coefficient (Wildman–Crippen LogP) is 4.21. The Bertz CT molecular complexity index is 692. The van der Waals surface area contributed by atoms with Crippen LogP contribution in [0.1, 0.15) is 11.1 Å². The van der Waals surface area contributed by atoms with Gasteiger partial charge in [-0.15, -0.1) is 5.10 Å². The van der Waals surface area contributed by atoms with E-state index in [-0.39, 0.29) is 21.3 Å². The van der Waals surface area contributed by atoms with Gasteiger partial charge in [0.1, 0.15) is 17.3 Å². The predicted molar refractivity (Wildman–Crippen MR) is 63.3 cm³/mol. The molecular formula is C11H3Cl2F4N3. The van der Waals surface area contributed by atoms with Crippen molar-refractivity contribution in [3.63, 3.8) is 0 Å². The Morgan fingerprint density at radius 1 is 1.20 bits per heavy atom. The summed E-state index contributed by atoms with van der Waals surface area (Å²) in [5.41, 5.74) is -1.55. The van der Waals surface area contributed by atoms with E-state index in [0.717, 1.165) is 10.9 Å². The molecule has 1 aromatic carbocycles. The van der Waals surface area contributed by atoms with E-state index in [1.807, 2.05) is 0 Å². The lowest BCUT2D eigenvalue weighted by molar-refractivity contribution is -0.137. The van der Waals surface area contributed by atoms with Crippen molar-refractivity contribution in [3.05, 3.63) is 45.4 Å². The highest BCUT2D eigenvalue weighted by Crippen LogP contribution is 2.37. The van der Waals surface area contributed by atoms with Crippen LogP contribution >= 0.6 is 23.2 Å². The van der Waals surface area contributed by atoms with Crippen molar-refractivity contribution in [3.8, 4) is 11.8 Å². The summed E-state index contributed by atoms with van der Waals surface area (Å²) >= 11 is 11.5. The molecule has 0 aliphatic heterocycles. The van der Waals surface area contributed by atoms with Gasteiger partial charge >= 0.3 is 6.18 Å². The van der Waals surface area contributed by atoms with Crippen LogP contribution in [0.3, 0.4) is 0 Å². The van der Waals surface area contributed by atoms with E-state index in [1.54, 1.807) is 0 Å². The molecule has 0 fully saturated rings. The molecule has 0 spiro atoms. The second-order valence-electron chi connectivity index (χ2n) is 3.68. The largest absolute Gasteiger partial charge is 0.416 e. The molecule has 3 nitrogen and oxygen atoms in total. The van der Waals surface area contributed by atoms with Gasteiger partial charge in [0.15, 0.2) is 0 Å². The number of aromatic nitrogens is 2. The SMILES string of the molecule is N#Cc1cn(-c2c(Cl)cc(C(F)(F)F)cc2Cl)nc1F. The van der Waals surface area contributed by atoms with Crippen molar-refractivity contribution >= 4 is 23.2 Å². The Morgan fingerprint density at radius 3 is 2.15 bits per heavy atom. The first-order chi connectivity index (χ1) is 9.24. The Hall–Kier alpha value is -1.78. The van der Waals surface area contributed by atoms with Gasteiger partial charge < -0.3 is 0 Å². The molecular weight excluding hydrogens is 321 g/mol. The molecule has 2 aromatic rings. The average Bonchev–Trinajstić information content (AvgIpc) is 2.68. The smallest absolute Gasteiger partial charge is 0.234 e. The van der Waals surface area contributed by atoms with E-state index in [2.05, 4.69) is 5.10 Å². The summed E-state index contributed by atoms with van der Waals surface area (Å²) in [4.78, 5) is 0. The molecule has 104 valence electrons. The molecule has 2 rings (SSSR count). The fraction of sp³-hybridized carbons (Fsp3) is 0.0909. The molecule has 0 saturated heterocycles. The Morgan fingerprint density at radius 2 is 1.75 bits per heavy atom. The molecule has 9 heteroatoms. The lowest BCUT2D eigenvalue weighted by Crippen LogP contribution is -2.07. The maximum absolute atomic E-state index is 13.2. The zero-order valence-electron chi connectivity index (χ0n) is 9.34. The number of hydrogen-bond acceptors (Lipinski definition) is 2. The first-order valence-corrected chi connectivity index (χ1v) is 5.71. The first-order valence-electron chi connectivity index (χ1n) is 4.96. The zero-order valence-corrected chi connectivity index (χ0v) is 10.9. The summed E-state index contributed by atoms with van der Waals surface area (Å²) in [6, 6.07) is 2.83. The normalized spacial score (nSPS) is 11.4. The third kappa shape index (κ3) is 2.57. The van der Waals surface area contributed by atoms with E-state index in [9.17, 15) is 17.6 Å². The van der Waals surface area contributed by atoms with Gasteiger partial charge in [0.2, 0.25) is 0 Å². The van der Waals surface area contributed by atoms with Crippen LogP contribution in [0.15, 0.2) is 18.3 Å². The van der Waals surface area contributed by atoms with Crippen LogP contribution in [0.4, 0.5) is 17.6 Å². The Labute approximate surface area is 119 Å². The molecule has 0 N–H and O–H groups in total. The number of rotatable bonds is 1. The summed E-state index contributed by atoms with van der Waals surface area (Å²) in [6.07, 6.45) is -3.63. The molecule has 0 aliphatic carbocycles. The molecule has 20 heavy (non-hydrogen) atoms. The molecule has 0 aliphatic rings. The van der Waals surface area contributed by atoms with Crippen molar-refractivity contribution < 1.29 is 17.6 Å². The monoisotopic (exact) mass is 323 g/mol. The summed E-state index contributed by atoms with van der Waals surface area (Å²) in [6.45, 7) is 0. The van der Waals surface area contributed by atoms with Gasteiger partial charge in [-0.05, 0) is 12.1 Å². The quantitative estimate of drug-likeness (QED) is 0.738. The minimum atomic E-state index is -4.61. The van der Waals surface area contributed by atoms with Crippen LogP contribution in [0.25, 0.3) is 5.69 Å². The minimum Gasteiger partial charge on any atom is -0.234 e. The molecule has 0 amide bonds. The highest BCUT2D eigenvalue weighted by molar-refractivity contribution is 6.37. The Kier molecular flexibility index (Phi) is 3.63. The van der Waals surface area contributed by atoms with Crippen LogP contribution in [0, 0.1) is 17.3 Å². The van der Waals surface area contributed by atoms with Crippen molar-refractivity contribution in [2.75, 3.05) is 0 Å². The summed E-state index contributed by atoms with van der Waals surface area (Å²) in [7, 11) is 0. The number of hydrogen-bond donors (Lipinski definition) is 0. The minimum absolute atomic E-state index is 0.137. The van der Waals surface area contributed by atoms with Crippen LogP contribution in [0.5, 0.6) is 0 Å². The van der Waals surface area contributed by atoms with Gasteiger partial charge in [0, 0.05) is 0 Å². The van der Waals surface area contributed by atoms with Gasteiger partial charge in [-0.1, -0.05) is 23.2 Å². The second kappa shape index (κ2) is 4.96. The van der Waals surface area contributed by atoms with Crippen molar-refractivity contribution in [2.45, 2.75) is 6.18 Å². The number of nitrogens with zero attached hydrogens (tertiary/aromatic N) is 3. The number of alkyl halides is 3. The number of halogens is 6. The summed E-state index contributed by atoms with van der Waals surface area (Å²) < 4.78 is 51.7. The van der Waals surface area contributed by atoms with Gasteiger partial charge in [-0.3, -0.25) is 0 Å². The summed E-state index contributed by atoms with van der Waals surface area (Å²) in [5, 5.41) is 11.2. The van der Waals surface area contributed by atoms with Gasteiger partial charge in [-0.25, -0.2) is 4.68 Å². The van der Waals surface area contributed by atoms with E-state index in [4.69, 9.17) is 28.5 Å². The second-order valence-corrected chi connectivity index (χ2v) is 4.49. The lowest BCUT2D eigenvalue weighted by Gasteiger charge is -2.12. The Balaban J connectivity index is 2.61. The fourth-order valence-corrected chi connectivity index (χ4v) is 2.15. The molecule has 1 heterocycles. The molecule has 0 bridgehead atoms. The van der Waals surface area contributed by atoms with E-state index in [0.29, 0.717) is 12.1 Å². The summed E-state index contributed by atoms with van der Waals surface area (Å²) in [5.74, 6) is -1.07.